The topological polar surface area (TPSA) is 128 Å². The van der Waals surface area contributed by atoms with Crippen LogP contribution in [0.1, 0.15) is 0 Å². The van der Waals surface area contributed by atoms with Crippen LogP contribution < -0.4 is 4.18 Å². The Morgan fingerprint density at radius 3 is 2.41 bits per heavy atom. The quantitative estimate of drug-likeness (QED) is 0.157. The van der Waals surface area contributed by atoms with Crippen molar-refractivity contribution in [1.29, 1.82) is 0 Å². The summed E-state index contributed by atoms with van der Waals surface area (Å²) in [5, 5.41) is 12.3. The normalized spacial score (nSPS) is 11.7. The average Bonchev–Trinajstić information content (AvgIpc) is 3.58. The lowest BCUT2D eigenvalue weighted by Crippen LogP contribution is -2.08. The van der Waals surface area contributed by atoms with Crippen molar-refractivity contribution in [3.8, 4) is 28.0 Å². The Balaban J connectivity index is 1.58. The molecule has 3 aromatic heterocycles. The third kappa shape index (κ3) is 3.99. The summed E-state index contributed by atoms with van der Waals surface area (Å²) in [7, 11) is -4.15. The second-order valence-electron chi connectivity index (χ2n) is 8.24. The van der Waals surface area contributed by atoms with E-state index in [-0.39, 0.29) is 16.5 Å². The highest BCUT2D eigenvalue weighted by Crippen LogP contribution is 2.41. The summed E-state index contributed by atoms with van der Waals surface area (Å²) in [5.74, 6) is 0.115. The summed E-state index contributed by atoms with van der Waals surface area (Å²) in [6.45, 7) is 0. The Morgan fingerprint density at radius 2 is 1.70 bits per heavy atom. The van der Waals surface area contributed by atoms with E-state index in [4.69, 9.17) is 8.60 Å². The Labute approximate surface area is 210 Å². The lowest BCUT2D eigenvalue weighted by molar-refractivity contribution is -0.384. The van der Waals surface area contributed by atoms with Gasteiger partial charge in [-0.2, -0.15) is 8.42 Å². The summed E-state index contributed by atoms with van der Waals surface area (Å²) in [6.07, 6.45) is 2.98. The van der Waals surface area contributed by atoms with E-state index in [1.165, 1.54) is 30.5 Å². The maximum absolute atomic E-state index is 12.6. The summed E-state index contributed by atoms with van der Waals surface area (Å²) in [5.41, 5.74) is 4.60. The van der Waals surface area contributed by atoms with Crippen LogP contribution in [0.4, 0.5) is 5.69 Å². The van der Waals surface area contributed by atoms with Crippen molar-refractivity contribution in [2.24, 2.45) is 0 Å². The van der Waals surface area contributed by atoms with Crippen LogP contribution in [0.15, 0.2) is 107 Å². The third-order valence-corrected chi connectivity index (χ3v) is 7.13. The number of nitro groups is 1. The molecule has 9 nitrogen and oxygen atoms in total. The van der Waals surface area contributed by atoms with Crippen molar-refractivity contribution in [2.75, 3.05) is 0 Å². The highest BCUT2D eigenvalue weighted by molar-refractivity contribution is 7.87. The molecule has 3 heterocycles. The van der Waals surface area contributed by atoms with E-state index in [0.717, 1.165) is 33.2 Å². The number of hydrogen-bond acceptors (Lipinski definition) is 7. The number of nitro benzene ring substituents is 1. The lowest BCUT2D eigenvalue weighted by Gasteiger charge is -2.12. The van der Waals surface area contributed by atoms with Gasteiger partial charge in [0.15, 0.2) is 0 Å². The molecule has 182 valence electrons. The molecule has 0 radical (unpaired) electrons. The zero-order valence-electron chi connectivity index (χ0n) is 19.0. The van der Waals surface area contributed by atoms with Crippen LogP contribution in [-0.2, 0) is 10.1 Å². The van der Waals surface area contributed by atoms with Crippen molar-refractivity contribution in [2.45, 2.75) is 5.09 Å². The van der Waals surface area contributed by atoms with Gasteiger partial charge in [-0.25, -0.2) is 4.98 Å². The van der Waals surface area contributed by atoms with E-state index in [9.17, 15) is 18.5 Å². The number of nitrogens with one attached hydrogen (secondary N) is 1. The van der Waals surface area contributed by atoms with Gasteiger partial charge in [0, 0.05) is 45.7 Å². The predicted octanol–water partition coefficient (Wildman–Crippen LogP) is 6.32. The molecule has 0 unspecified atom stereocenters. The van der Waals surface area contributed by atoms with E-state index >= 15 is 0 Å². The van der Waals surface area contributed by atoms with Gasteiger partial charge < -0.3 is 13.6 Å². The number of aromatic nitrogens is 2. The highest BCUT2D eigenvalue weighted by Gasteiger charge is 2.22. The van der Waals surface area contributed by atoms with Crippen LogP contribution in [0.5, 0.6) is 5.75 Å². The molecule has 0 aliphatic carbocycles. The molecule has 0 atom stereocenters. The zero-order valence-corrected chi connectivity index (χ0v) is 19.8. The third-order valence-electron chi connectivity index (χ3n) is 5.99. The molecule has 37 heavy (non-hydrogen) atoms. The first-order valence-corrected chi connectivity index (χ1v) is 12.5. The second-order valence-corrected chi connectivity index (χ2v) is 9.72. The second kappa shape index (κ2) is 8.61. The molecule has 6 rings (SSSR count). The van der Waals surface area contributed by atoms with Crippen LogP contribution in [0.25, 0.3) is 44.2 Å². The van der Waals surface area contributed by atoms with E-state index in [1.54, 1.807) is 36.5 Å². The molecule has 0 amide bonds. The van der Waals surface area contributed by atoms with Gasteiger partial charge in [-0.3, -0.25) is 10.1 Å². The van der Waals surface area contributed by atoms with E-state index in [0.29, 0.717) is 11.0 Å². The largest absolute Gasteiger partial charge is 0.450 e. The summed E-state index contributed by atoms with van der Waals surface area (Å²) >= 11 is 0. The van der Waals surface area contributed by atoms with Crippen LogP contribution >= 0.6 is 0 Å². The van der Waals surface area contributed by atoms with Crippen molar-refractivity contribution in [3.05, 3.63) is 108 Å². The minimum atomic E-state index is -4.15. The number of fused-ring (bicyclic) bond motifs is 3. The SMILES string of the molecule is O=[N+]([O-])c1ccc(-c2cnc3[nH]c4ccc(OS(=O)(=O)c5ccco5)cc4c3c2-c2ccccc2)cc1. The van der Waals surface area contributed by atoms with Crippen molar-refractivity contribution >= 4 is 37.7 Å². The van der Waals surface area contributed by atoms with Crippen molar-refractivity contribution in [1.82, 2.24) is 9.97 Å². The maximum Gasteiger partial charge on any atom is 0.373 e. The molecule has 0 aliphatic heterocycles. The number of pyridine rings is 1. The summed E-state index contributed by atoms with van der Waals surface area (Å²) in [6, 6.07) is 23.7. The van der Waals surface area contributed by atoms with Crippen LogP contribution in [-0.4, -0.2) is 23.3 Å². The Bertz CT molecular complexity index is 1880. The Hall–Kier alpha value is -4.96. The molecule has 1 N–H and O–H groups in total. The lowest BCUT2D eigenvalue weighted by atomic mass is 9.92. The maximum atomic E-state index is 12.6. The Kier molecular flexibility index (Phi) is 5.24. The van der Waals surface area contributed by atoms with Gasteiger partial charge in [0.2, 0.25) is 0 Å². The molecule has 0 saturated carbocycles. The number of H-pyrrole nitrogens is 1. The molecule has 6 aromatic rings. The molecule has 3 aromatic carbocycles. The number of aromatic amines is 1. The fraction of sp³-hybridized carbons (Fsp3) is 0. The number of hydrogen-bond donors (Lipinski definition) is 1. The van der Waals surface area contributed by atoms with Crippen LogP contribution in [0.3, 0.4) is 0 Å². The molecule has 10 heteroatoms. The first kappa shape index (κ1) is 22.5. The number of non-ortho nitro benzene ring substituents is 1. The molecule has 0 fully saturated rings. The molecule has 0 aliphatic rings. The van der Waals surface area contributed by atoms with E-state index < -0.39 is 15.0 Å². The highest BCUT2D eigenvalue weighted by atomic mass is 32.2. The molecule has 0 saturated heterocycles. The molecular formula is C27H17N3O6S. The smallest absolute Gasteiger partial charge is 0.373 e. The van der Waals surface area contributed by atoms with Crippen molar-refractivity contribution in [3.63, 3.8) is 0 Å². The summed E-state index contributed by atoms with van der Waals surface area (Å²) in [4.78, 5) is 18.6. The number of benzene rings is 3. The number of rotatable bonds is 6. The van der Waals surface area contributed by atoms with Crippen LogP contribution in [0.2, 0.25) is 0 Å². The van der Waals surface area contributed by atoms with Gasteiger partial charge >= 0.3 is 10.1 Å². The summed E-state index contributed by atoms with van der Waals surface area (Å²) < 4.78 is 35.6. The number of furan rings is 1. The first-order chi connectivity index (χ1) is 17.9. The van der Waals surface area contributed by atoms with Gasteiger partial charge in [-0.15, -0.1) is 0 Å². The minimum Gasteiger partial charge on any atom is -0.450 e. The molecular weight excluding hydrogens is 494 g/mol. The minimum absolute atomic E-state index is 0.00861. The van der Waals surface area contributed by atoms with Gasteiger partial charge in [0.1, 0.15) is 11.4 Å². The van der Waals surface area contributed by atoms with Gasteiger partial charge in [-0.05, 0) is 53.6 Å². The zero-order chi connectivity index (χ0) is 25.6. The predicted molar refractivity (Wildman–Crippen MR) is 138 cm³/mol. The average molecular weight is 512 g/mol. The molecule has 0 spiro atoms. The van der Waals surface area contributed by atoms with Gasteiger partial charge in [0.05, 0.1) is 11.2 Å². The van der Waals surface area contributed by atoms with Crippen LogP contribution in [0, 0.1) is 10.1 Å². The molecule has 0 bridgehead atoms. The monoisotopic (exact) mass is 511 g/mol. The first-order valence-electron chi connectivity index (χ1n) is 11.1. The Morgan fingerprint density at radius 1 is 0.919 bits per heavy atom. The number of nitrogens with zero attached hydrogens (tertiary/aromatic N) is 2. The van der Waals surface area contributed by atoms with E-state index in [2.05, 4.69) is 9.97 Å². The van der Waals surface area contributed by atoms with Gasteiger partial charge in [0.25, 0.3) is 10.8 Å². The van der Waals surface area contributed by atoms with Crippen molar-refractivity contribution < 1.29 is 21.9 Å². The van der Waals surface area contributed by atoms with E-state index in [1.807, 2.05) is 30.3 Å². The van der Waals surface area contributed by atoms with Gasteiger partial charge in [-0.1, -0.05) is 30.3 Å². The standard InChI is InChI=1S/C27H17N3O6S/c31-30(32)19-10-8-17(9-11-19)22-16-28-27-26(25(22)18-5-2-1-3-6-18)21-15-20(12-13-23(21)29-27)36-37(33,34)24-7-4-14-35-24/h1-16H,(H,28,29). The fourth-order valence-corrected chi connectivity index (χ4v) is 5.20. The fourth-order valence-electron chi connectivity index (χ4n) is 4.35.